The van der Waals surface area contributed by atoms with E-state index >= 15 is 0 Å². The van der Waals surface area contributed by atoms with Gasteiger partial charge >= 0.3 is 5.97 Å². The zero-order chi connectivity index (χ0) is 19.6. The first-order valence-electron chi connectivity index (χ1n) is 10.1. The Morgan fingerprint density at radius 3 is 2.86 bits per heavy atom. The summed E-state index contributed by atoms with van der Waals surface area (Å²) >= 11 is 0. The lowest BCUT2D eigenvalue weighted by molar-refractivity contribution is -0.162. The highest BCUT2D eigenvalue weighted by atomic mass is 16.5. The third kappa shape index (κ3) is 1.43. The van der Waals surface area contributed by atoms with Crippen LogP contribution in [0.4, 0.5) is 0 Å². The van der Waals surface area contributed by atoms with Crippen LogP contribution in [0, 0.1) is 5.41 Å². The fourth-order valence-corrected chi connectivity index (χ4v) is 7.38. The molecule has 2 aliphatic heterocycles. The highest BCUT2D eigenvalue weighted by Gasteiger charge is 2.75. The Labute approximate surface area is 163 Å². The topological polar surface area (TPSA) is 63.7 Å². The van der Waals surface area contributed by atoms with E-state index in [9.17, 15) is 14.4 Å². The first-order chi connectivity index (χ1) is 13.4. The second-order valence-electron chi connectivity index (χ2n) is 9.35. The van der Waals surface area contributed by atoms with Gasteiger partial charge in [0.1, 0.15) is 0 Å². The van der Waals surface area contributed by atoms with Gasteiger partial charge in [-0.15, -0.1) is 0 Å². The number of esters is 1. The number of carbonyl (C=O) groups excluding carboxylic acids is 3. The van der Waals surface area contributed by atoms with E-state index in [1.165, 1.54) is 12.7 Å². The summed E-state index contributed by atoms with van der Waals surface area (Å²) in [5.74, 6) is -0.0655. The van der Waals surface area contributed by atoms with Crippen molar-refractivity contribution in [2.75, 3.05) is 13.7 Å². The first kappa shape index (κ1) is 16.5. The molecule has 2 bridgehead atoms. The Morgan fingerprint density at radius 1 is 1.32 bits per heavy atom. The van der Waals surface area contributed by atoms with Crippen LogP contribution in [-0.4, -0.2) is 42.3 Å². The molecule has 1 amide bonds. The first-order valence-corrected chi connectivity index (χ1v) is 10.1. The van der Waals surface area contributed by atoms with Gasteiger partial charge in [0, 0.05) is 35.9 Å². The number of amides is 1. The number of methoxy groups -OCH3 is 1. The predicted octanol–water partition coefficient (Wildman–Crippen LogP) is 2.84. The van der Waals surface area contributed by atoms with Crippen molar-refractivity contribution >= 4 is 17.7 Å². The van der Waals surface area contributed by atoms with Gasteiger partial charge in [0.2, 0.25) is 5.91 Å². The maximum atomic E-state index is 13.8. The minimum Gasteiger partial charge on any atom is -0.468 e. The van der Waals surface area contributed by atoms with Crippen LogP contribution in [0.1, 0.15) is 71.5 Å². The molecule has 144 valence electrons. The number of hydrogen-bond acceptors (Lipinski definition) is 4. The fraction of sp³-hybridized carbons (Fsp3) is 0.522. The number of ketones is 1. The molecule has 0 N–H and O–H groups in total. The van der Waals surface area contributed by atoms with E-state index in [2.05, 4.69) is 19.6 Å². The fourth-order valence-electron chi connectivity index (χ4n) is 7.38. The number of carbonyl (C=O) groups is 3. The van der Waals surface area contributed by atoms with Crippen LogP contribution < -0.4 is 0 Å². The Kier molecular flexibility index (Phi) is 2.81. The lowest BCUT2D eigenvalue weighted by Crippen LogP contribution is -2.56. The number of rotatable bonds is 1. The molecule has 5 heteroatoms. The number of fused-ring (bicyclic) bond motifs is 2. The summed E-state index contributed by atoms with van der Waals surface area (Å²) in [5, 5.41) is 0. The Hall–Kier alpha value is -2.43. The number of hydrogen-bond donors (Lipinski definition) is 0. The van der Waals surface area contributed by atoms with E-state index in [1.807, 2.05) is 11.0 Å². The Balaban J connectivity index is 1.79. The molecule has 0 saturated carbocycles. The molecule has 0 radical (unpaired) electrons. The van der Waals surface area contributed by atoms with E-state index in [-0.39, 0.29) is 29.6 Å². The van der Waals surface area contributed by atoms with Crippen molar-refractivity contribution in [3.63, 3.8) is 0 Å². The van der Waals surface area contributed by atoms with Gasteiger partial charge in [-0.25, -0.2) is 0 Å². The number of Topliss-reactive ketones (excluding diaryl/α,β-unsaturated/α-hetero) is 1. The molecule has 1 aromatic carbocycles. The van der Waals surface area contributed by atoms with Crippen molar-refractivity contribution in [1.82, 2.24) is 4.90 Å². The second kappa shape index (κ2) is 4.76. The Morgan fingerprint density at radius 2 is 2.11 bits per heavy atom. The van der Waals surface area contributed by atoms with Crippen molar-refractivity contribution < 1.29 is 19.1 Å². The molecular weight excluding hydrogens is 354 g/mol. The normalized spacial score (nSPS) is 39.3. The third-order valence-corrected chi connectivity index (χ3v) is 8.59. The van der Waals surface area contributed by atoms with Crippen LogP contribution in [0.3, 0.4) is 0 Å². The van der Waals surface area contributed by atoms with Crippen LogP contribution in [0.15, 0.2) is 24.3 Å². The molecule has 0 aromatic heterocycles. The molecule has 2 heterocycles. The highest BCUT2D eigenvalue weighted by Crippen LogP contribution is 2.68. The maximum absolute atomic E-state index is 13.8. The van der Waals surface area contributed by atoms with Crippen LogP contribution in [-0.2, 0) is 19.7 Å². The quantitative estimate of drug-likeness (QED) is 0.429. The second-order valence-corrected chi connectivity index (χ2v) is 9.35. The lowest BCUT2D eigenvalue weighted by atomic mass is 9.52. The predicted molar refractivity (Wildman–Crippen MR) is 101 cm³/mol. The van der Waals surface area contributed by atoms with Crippen molar-refractivity contribution in [3.05, 3.63) is 46.5 Å². The van der Waals surface area contributed by atoms with Gasteiger partial charge < -0.3 is 9.64 Å². The molecule has 5 aliphatic rings. The van der Waals surface area contributed by atoms with E-state index < -0.39 is 16.8 Å². The standard InChI is InChI=1S/C23H23NO4/c1-11-10-24-17-9-15(11)13-4-5-14-16(25)8-12-6-7-23(20(24)26,21(27)28-3)22(17,2)19(13)18(12)14/h4-5,12,15,17H,1,6-10H2,2-3H3/t12-,15?,17?,22+,23+/m0/s1. The highest BCUT2D eigenvalue weighted by molar-refractivity contribution is 6.09. The molecule has 5 atom stereocenters. The lowest BCUT2D eigenvalue weighted by Gasteiger charge is -2.51. The molecule has 2 unspecified atom stereocenters. The SMILES string of the molecule is C=C1CN2C(=O)[C@@]3(C(=O)OC)CC[C@H]4CC(=O)c5ccc6c(c54)[C@@]3(C)C2CC16. The zero-order valence-corrected chi connectivity index (χ0v) is 16.2. The third-order valence-electron chi connectivity index (χ3n) is 8.59. The number of benzene rings is 1. The summed E-state index contributed by atoms with van der Waals surface area (Å²) in [4.78, 5) is 41.7. The summed E-state index contributed by atoms with van der Waals surface area (Å²) in [7, 11) is 1.38. The Bertz CT molecular complexity index is 1030. The van der Waals surface area contributed by atoms with Crippen LogP contribution in [0.5, 0.6) is 0 Å². The monoisotopic (exact) mass is 377 g/mol. The largest absolute Gasteiger partial charge is 0.468 e. The number of ether oxygens (including phenoxy) is 1. The van der Waals surface area contributed by atoms with Crippen LogP contribution in [0.25, 0.3) is 0 Å². The van der Waals surface area contributed by atoms with Gasteiger partial charge in [-0.2, -0.15) is 0 Å². The van der Waals surface area contributed by atoms with E-state index in [0.29, 0.717) is 25.8 Å². The minimum absolute atomic E-state index is 0.0527. The smallest absolute Gasteiger partial charge is 0.322 e. The van der Waals surface area contributed by atoms with Gasteiger partial charge in [-0.3, -0.25) is 14.4 Å². The van der Waals surface area contributed by atoms with Crippen molar-refractivity contribution in [2.45, 2.75) is 55.9 Å². The molecule has 1 aromatic rings. The van der Waals surface area contributed by atoms with Gasteiger partial charge in [-0.05, 0) is 41.9 Å². The van der Waals surface area contributed by atoms with Crippen molar-refractivity contribution in [2.24, 2.45) is 5.41 Å². The molecule has 2 saturated heterocycles. The average Bonchev–Trinajstić information content (AvgIpc) is 3.06. The summed E-state index contributed by atoms with van der Waals surface area (Å²) in [6.45, 7) is 6.87. The van der Waals surface area contributed by atoms with E-state index in [4.69, 9.17) is 4.74 Å². The number of piperidine rings is 1. The van der Waals surface area contributed by atoms with Crippen molar-refractivity contribution in [1.29, 1.82) is 0 Å². The molecule has 2 fully saturated rings. The van der Waals surface area contributed by atoms with E-state index in [0.717, 1.165) is 28.7 Å². The molecule has 28 heavy (non-hydrogen) atoms. The van der Waals surface area contributed by atoms with E-state index in [1.54, 1.807) is 0 Å². The minimum atomic E-state index is -1.21. The van der Waals surface area contributed by atoms with Gasteiger partial charge in [0.15, 0.2) is 11.2 Å². The van der Waals surface area contributed by atoms with Crippen molar-refractivity contribution in [3.8, 4) is 0 Å². The zero-order valence-electron chi connectivity index (χ0n) is 16.2. The summed E-state index contributed by atoms with van der Waals surface area (Å²) in [6.07, 6.45) is 2.37. The van der Waals surface area contributed by atoms with Crippen LogP contribution >= 0.6 is 0 Å². The van der Waals surface area contributed by atoms with Crippen LogP contribution in [0.2, 0.25) is 0 Å². The summed E-state index contributed by atoms with van der Waals surface area (Å²) < 4.78 is 5.27. The summed E-state index contributed by atoms with van der Waals surface area (Å²) in [5.41, 5.74) is 3.30. The molecule has 6 rings (SSSR count). The molecular formula is C23H23NO4. The molecule has 0 spiro atoms. The van der Waals surface area contributed by atoms with Gasteiger partial charge in [0.05, 0.1) is 7.11 Å². The summed E-state index contributed by atoms with van der Waals surface area (Å²) in [6, 6.07) is 3.99. The molecule has 3 aliphatic carbocycles. The van der Waals surface area contributed by atoms with Gasteiger partial charge in [0.25, 0.3) is 0 Å². The van der Waals surface area contributed by atoms with Gasteiger partial charge in [-0.1, -0.05) is 31.2 Å². The average molecular weight is 377 g/mol. The number of nitrogens with zero attached hydrogens (tertiary/aromatic N) is 1. The molecule has 5 nitrogen and oxygen atoms in total. The maximum Gasteiger partial charge on any atom is 0.322 e.